The highest BCUT2D eigenvalue weighted by Crippen LogP contribution is 2.16. The zero-order valence-corrected chi connectivity index (χ0v) is 13.7. The monoisotopic (exact) mass is 305 g/mol. The van der Waals surface area contributed by atoms with Gasteiger partial charge in [-0.1, -0.05) is 24.3 Å². The van der Waals surface area contributed by atoms with Gasteiger partial charge in [-0.2, -0.15) is 0 Å². The van der Waals surface area contributed by atoms with E-state index in [1.807, 2.05) is 38.1 Å². The van der Waals surface area contributed by atoms with Crippen LogP contribution in [-0.4, -0.2) is 66.6 Å². The lowest BCUT2D eigenvalue weighted by atomic mass is 10.0. The minimum atomic E-state index is -0.662. The molecule has 1 amide bonds. The number of nitrogens with one attached hydrogen (secondary N) is 1. The first-order chi connectivity index (χ1) is 10.5. The van der Waals surface area contributed by atoms with E-state index in [1.54, 1.807) is 0 Å². The highest BCUT2D eigenvalue weighted by Gasteiger charge is 2.24. The Bertz CT molecular complexity index is 498. The minimum Gasteiger partial charge on any atom is -0.387 e. The molecule has 0 bridgehead atoms. The van der Waals surface area contributed by atoms with Gasteiger partial charge >= 0.3 is 0 Å². The molecule has 5 nitrogen and oxygen atoms in total. The lowest BCUT2D eigenvalue weighted by Crippen LogP contribution is -2.53. The van der Waals surface area contributed by atoms with Crippen LogP contribution in [0.3, 0.4) is 0 Å². The molecule has 2 unspecified atom stereocenters. The number of piperazine rings is 1. The number of amides is 1. The molecule has 2 N–H and O–H groups in total. The molecule has 0 saturated carbocycles. The molecular weight excluding hydrogens is 278 g/mol. The Balaban J connectivity index is 1.83. The number of hydrogen-bond acceptors (Lipinski definition) is 4. The van der Waals surface area contributed by atoms with Crippen molar-refractivity contribution >= 4 is 5.91 Å². The largest absolute Gasteiger partial charge is 0.387 e. The van der Waals surface area contributed by atoms with Crippen LogP contribution in [0.15, 0.2) is 24.3 Å². The third-order valence-corrected chi connectivity index (χ3v) is 4.48. The molecular formula is C17H27N3O2. The van der Waals surface area contributed by atoms with Crippen molar-refractivity contribution in [2.75, 3.05) is 39.8 Å². The summed E-state index contributed by atoms with van der Waals surface area (Å²) in [5.74, 6) is -0.0165. The van der Waals surface area contributed by atoms with Gasteiger partial charge in [-0.25, -0.2) is 0 Å². The number of likely N-dealkylation sites (N-methyl/N-ethyl adjacent to an activating group) is 1. The number of hydrogen-bond donors (Lipinski definition) is 2. The summed E-state index contributed by atoms with van der Waals surface area (Å²) in [5.41, 5.74) is 1.91. The molecule has 1 aromatic rings. The van der Waals surface area contributed by atoms with E-state index in [0.29, 0.717) is 0 Å². The lowest BCUT2D eigenvalue weighted by Gasteiger charge is -2.35. The van der Waals surface area contributed by atoms with E-state index in [4.69, 9.17) is 0 Å². The SMILES string of the molecule is Cc1ccccc1C(O)CNC(=O)C(C)N1CCN(C)CC1. The van der Waals surface area contributed by atoms with Crippen molar-refractivity contribution in [1.29, 1.82) is 0 Å². The maximum Gasteiger partial charge on any atom is 0.237 e. The molecule has 0 aliphatic carbocycles. The van der Waals surface area contributed by atoms with Crippen molar-refractivity contribution in [3.05, 3.63) is 35.4 Å². The van der Waals surface area contributed by atoms with Gasteiger partial charge in [0.1, 0.15) is 0 Å². The van der Waals surface area contributed by atoms with E-state index in [2.05, 4.69) is 22.2 Å². The fourth-order valence-corrected chi connectivity index (χ4v) is 2.79. The number of aliphatic hydroxyl groups is 1. The predicted octanol–water partition coefficient (Wildman–Crippen LogP) is 0.781. The summed E-state index contributed by atoms with van der Waals surface area (Å²) in [5, 5.41) is 13.1. The van der Waals surface area contributed by atoms with Gasteiger partial charge in [0.2, 0.25) is 5.91 Å². The van der Waals surface area contributed by atoms with E-state index in [-0.39, 0.29) is 18.5 Å². The first-order valence-corrected chi connectivity index (χ1v) is 7.93. The van der Waals surface area contributed by atoms with Crippen molar-refractivity contribution in [3.63, 3.8) is 0 Å². The van der Waals surface area contributed by atoms with Gasteiger partial charge in [0.25, 0.3) is 0 Å². The summed E-state index contributed by atoms with van der Waals surface area (Å²) >= 11 is 0. The maximum atomic E-state index is 12.3. The van der Waals surface area contributed by atoms with E-state index in [9.17, 15) is 9.90 Å². The Labute approximate surface area is 132 Å². The molecule has 1 fully saturated rings. The zero-order chi connectivity index (χ0) is 16.1. The van der Waals surface area contributed by atoms with Crippen LogP contribution >= 0.6 is 0 Å². The molecule has 1 aromatic carbocycles. The normalized spacial score (nSPS) is 19.6. The van der Waals surface area contributed by atoms with Gasteiger partial charge in [-0.15, -0.1) is 0 Å². The topological polar surface area (TPSA) is 55.8 Å². The average molecular weight is 305 g/mol. The number of nitrogens with zero attached hydrogens (tertiary/aromatic N) is 2. The molecule has 1 aliphatic heterocycles. The first kappa shape index (κ1) is 16.9. The highest BCUT2D eigenvalue weighted by molar-refractivity contribution is 5.81. The van der Waals surface area contributed by atoms with Crippen LogP contribution in [-0.2, 0) is 4.79 Å². The Hall–Kier alpha value is -1.43. The van der Waals surface area contributed by atoms with Crippen LogP contribution in [0.1, 0.15) is 24.2 Å². The van der Waals surface area contributed by atoms with Gasteiger partial charge in [-0.3, -0.25) is 9.69 Å². The third-order valence-electron chi connectivity index (χ3n) is 4.48. The van der Waals surface area contributed by atoms with Crippen molar-refractivity contribution in [3.8, 4) is 0 Å². The molecule has 1 saturated heterocycles. The summed E-state index contributed by atoms with van der Waals surface area (Å²) in [7, 11) is 2.10. The van der Waals surface area contributed by atoms with E-state index < -0.39 is 6.10 Å². The van der Waals surface area contributed by atoms with Crippen LogP contribution in [0, 0.1) is 6.92 Å². The van der Waals surface area contributed by atoms with Gasteiger partial charge in [0, 0.05) is 32.7 Å². The zero-order valence-electron chi connectivity index (χ0n) is 13.7. The molecule has 1 heterocycles. The number of aryl methyl sites for hydroxylation is 1. The van der Waals surface area contributed by atoms with Crippen LogP contribution < -0.4 is 5.32 Å². The van der Waals surface area contributed by atoms with Crippen LogP contribution in [0.25, 0.3) is 0 Å². The number of benzene rings is 1. The van der Waals surface area contributed by atoms with Crippen molar-refractivity contribution < 1.29 is 9.90 Å². The maximum absolute atomic E-state index is 12.3. The van der Waals surface area contributed by atoms with Crippen molar-refractivity contribution in [1.82, 2.24) is 15.1 Å². The van der Waals surface area contributed by atoms with Gasteiger partial charge in [-0.05, 0) is 32.0 Å². The van der Waals surface area contributed by atoms with E-state index in [0.717, 1.165) is 37.3 Å². The Morgan fingerprint density at radius 2 is 1.91 bits per heavy atom. The van der Waals surface area contributed by atoms with E-state index in [1.165, 1.54) is 0 Å². The second kappa shape index (κ2) is 7.72. The fourth-order valence-electron chi connectivity index (χ4n) is 2.79. The summed E-state index contributed by atoms with van der Waals surface area (Å²) in [6, 6.07) is 7.56. The smallest absolute Gasteiger partial charge is 0.237 e. The third kappa shape index (κ3) is 4.29. The summed E-state index contributed by atoms with van der Waals surface area (Å²) in [4.78, 5) is 16.7. The molecule has 0 spiro atoms. The lowest BCUT2D eigenvalue weighted by molar-refractivity contribution is -0.127. The number of aliphatic hydroxyl groups excluding tert-OH is 1. The standard InChI is InChI=1S/C17H27N3O2/c1-13-6-4-5-7-15(13)16(21)12-18-17(22)14(2)20-10-8-19(3)9-11-20/h4-7,14,16,21H,8-12H2,1-3H3,(H,18,22). The average Bonchev–Trinajstić information content (AvgIpc) is 2.52. The van der Waals surface area contributed by atoms with Crippen LogP contribution in [0.2, 0.25) is 0 Å². The second-order valence-corrected chi connectivity index (χ2v) is 6.13. The number of rotatable bonds is 5. The number of carbonyl (C=O) groups excluding carboxylic acids is 1. The van der Waals surface area contributed by atoms with Gasteiger partial charge in [0.05, 0.1) is 12.1 Å². The predicted molar refractivity (Wildman–Crippen MR) is 87.7 cm³/mol. The molecule has 1 aliphatic rings. The second-order valence-electron chi connectivity index (χ2n) is 6.13. The van der Waals surface area contributed by atoms with Crippen LogP contribution in [0.5, 0.6) is 0 Å². The van der Waals surface area contributed by atoms with Crippen molar-refractivity contribution in [2.45, 2.75) is 26.0 Å². The number of carbonyl (C=O) groups is 1. The van der Waals surface area contributed by atoms with E-state index >= 15 is 0 Å². The van der Waals surface area contributed by atoms with Crippen molar-refractivity contribution in [2.24, 2.45) is 0 Å². The Morgan fingerprint density at radius 1 is 1.27 bits per heavy atom. The Kier molecular flexibility index (Phi) is 5.94. The molecule has 2 atom stereocenters. The molecule has 0 aromatic heterocycles. The summed E-state index contributed by atoms with van der Waals surface area (Å²) in [6.07, 6.45) is -0.662. The fraction of sp³-hybridized carbons (Fsp3) is 0.588. The van der Waals surface area contributed by atoms with Gasteiger partial charge < -0.3 is 15.3 Å². The quantitative estimate of drug-likeness (QED) is 0.844. The van der Waals surface area contributed by atoms with Gasteiger partial charge in [0.15, 0.2) is 0 Å². The minimum absolute atomic E-state index is 0.0165. The summed E-state index contributed by atoms with van der Waals surface area (Å²) < 4.78 is 0. The van der Waals surface area contributed by atoms with Crippen LogP contribution in [0.4, 0.5) is 0 Å². The molecule has 122 valence electrons. The highest BCUT2D eigenvalue weighted by atomic mass is 16.3. The summed E-state index contributed by atoms with van der Waals surface area (Å²) in [6.45, 7) is 7.94. The molecule has 5 heteroatoms. The Morgan fingerprint density at radius 3 is 2.55 bits per heavy atom. The molecule has 22 heavy (non-hydrogen) atoms. The molecule has 2 rings (SSSR count). The first-order valence-electron chi connectivity index (χ1n) is 7.93. The molecule has 0 radical (unpaired) electrons.